The number of hydrogen-bond donors (Lipinski definition) is 1. The first-order valence-corrected chi connectivity index (χ1v) is 11.6. The predicted molar refractivity (Wildman–Crippen MR) is 112 cm³/mol. The summed E-state index contributed by atoms with van der Waals surface area (Å²) in [6.45, 7) is 4.77. The first-order chi connectivity index (χ1) is 13.6. The van der Waals surface area contributed by atoms with Crippen molar-refractivity contribution in [3.8, 4) is 11.5 Å². The van der Waals surface area contributed by atoms with Crippen LogP contribution in [0.5, 0.6) is 11.5 Å². The van der Waals surface area contributed by atoms with Crippen molar-refractivity contribution in [2.24, 2.45) is 0 Å². The van der Waals surface area contributed by atoms with E-state index in [-0.39, 0.29) is 4.90 Å². The van der Waals surface area contributed by atoms with Gasteiger partial charge >= 0.3 is 0 Å². The molecular formula is C22H30N2O3S. The third kappa shape index (κ3) is 5.80. The van der Waals surface area contributed by atoms with Crippen LogP contribution in [0.25, 0.3) is 0 Å². The number of piperidine rings is 1. The standard InChI is InChI=1S/C22H30N2O3S/c1-2-19-9-6-7-17-24(19)18-8-16-23-28(25,26)22-14-12-21(13-15-22)27-20-10-4-3-5-11-20/h3-5,10-15,19,23H,2,6-9,16-18H2,1H3/t19-/m0/s1. The molecule has 3 rings (SSSR count). The van der Waals surface area contributed by atoms with Crippen molar-refractivity contribution in [2.45, 2.75) is 50.0 Å². The van der Waals surface area contributed by atoms with Crippen LogP contribution in [0.3, 0.4) is 0 Å². The van der Waals surface area contributed by atoms with Crippen LogP contribution in [0.2, 0.25) is 0 Å². The van der Waals surface area contributed by atoms with Crippen molar-refractivity contribution < 1.29 is 13.2 Å². The van der Waals surface area contributed by atoms with E-state index in [9.17, 15) is 8.42 Å². The largest absolute Gasteiger partial charge is 0.457 e. The molecule has 0 spiro atoms. The van der Waals surface area contributed by atoms with Gasteiger partial charge in [0.2, 0.25) is 10.0 Å². The molecule has 2 aromatic carbocycles. The van der Waals surface area contributed by atoms with Gasteiger partial charge in [-0.1, -0.05) is 31.5 Å². The lowest BCUT2D eigenvalue weighted by molar-refractivity contribution is 0.143. The number of para-hydroxylation sites is 1. The molecular weight excluding hydrogens is 372 g/mol. The van der Waals surface area contributed by atoms with E-state index in [1.54, 1.807) is 24.3 Å². The Bertz CT molecular complexity index is 823. The molecule has 152 valence electrons. The Balaban J connectivity index is 1.48. The summed E-state index contributed by atoms with van der Waals surface area (Å²) in [4.78, 5) is 2.77. The third-order valence-electron chi connectivity index (χ3n) is 5.25. The zero-order valence-corrected chi connectivity index (χ0v) is 17.3. The molecule has 1 fully saturated rings. The highest BCUT2D eigenvalue weighted by Crippen LogP contribution is 2.23. The lowest BCUT2D eigenvalue weighted by Gasteiger charge is -2.35. The minimum atomic E-state index is -3.50. The molecule has 6 heteroatoms. The third-order valence-corrected chi connectivity index (χ3v) is 6.72. The normalized spacial score (nSPS) is 18.1. The number of rotatable bonds is 9. The van der Waals surface area contributed by atoms with Gasteiger partial charge in [0.25, 0.3) is 0 Å². The maximum absolute atomic E-state index is 12.5. The van der Waals surface area contributed by atoms with E-state index in [4.69, 9.17) is 4.74 Å². The van der Waals surface area contributed by atoms with Gasteiger partial charge in [0.05, 0.1) is 4.90 Å². The summed E-state index contributed by atoms with van der Waals surface area (Å²) in [5.74, 6) is 1.33. The Kier molecular flexibility index (Phi) is 7.48. The van der Waals surface area contributed by atoms with Gasteiger partial charge in [0.1, 0.15) is 11.5 Å². The lowest BCUT2D eigenvalue weighted by Crippen LogP contribution is -2.40. The molecule has 1 aliphatic rings. The van der Waals surface area contributed by atoms with Gasteiger partial charge in [-0.05, 0) is 75.2 Å². The first kappa shape index (κ1) is 20.8. The van der Waals surface area contributed by atoms with Crippen LogP contribution in [0.1, 0.15) is 39.0 Å². The van der Waals surface area contributed by atoms with Crippen molar-refractivity contribution in [3.05, 3.63) is 54.6 Å². The van der Waals surface area contributed by atoms with E-state index in [0.29, 0.717) is 18.3 Å². The van der Waals surface area contributed by atoms with Crippen LogP contribution in [0.4, 0.5) is 0 Å². The Hall–Kier alpha value is -1.89. The van der Waals surface area contributed by atoms with Gasteiger partial charge < -0.3 is 9.64 Å². The summed E-state index contributed by atoms with van der Waals surface area (Å²) in [5.41, 5.74) is 0. The van der Waals surface area contributed by atoms with Crippen LogP contribution in [0.15, 0.2) is 59.5 Å². The second-order valence-electron chi connectivity index (χ2n) is 7.23. The molecule has 28 heavy (non-hydrogen) atoms. The van der Waals surface area contributed by atoms with Crippen molar-refractivity contribution in [1.82, 2.24) is 9.62 Å². The zero-order valence-electron chi connectivity index (χ0n) is 16.5. The number of likely N-dealkylation sites (tertiary alicyclic amines) is 1. The van der Waals surface area contributed by atoms with Gasteiger partial charge in [-0.25, -0.2) is 13.1 Å². The Morgan fingerprint density at radius 1 is 1.04 bits per heavy atom. The minimum absolute atomic E-state index is 0.261. The first-order valence-electron chi connectivity index (χ1n) is 10.1. The average Bonchev–Trinajstić information content (AvgIpc) is 2.73. The molecule has 0 aromatic heterocycles. The molecule has 5 nitrogen and oxygen atoms in total. The second-order valence-corrected chi connectivity index (χ2v) is 9.00. The smallest absolute Gasteiger partial charge is 0.240 e. The molecule has 1 saturated heterocycles. The number of nitrogens with one attached hydrogen (secondary N) is 1. The highest BCUT2D eigenvalue weighted by atomic mass is 32.2. The monoisotopic (exact) mass is 402 g/mol. The molecule has 0 radical (unpaired) electrons. The summed E-state index contributed by atoms with van der Waals surface area (Å²) in [6, 6.07) is 16.6. The SMILES string of the molecule is CC[C@H]1CCCCN1CCCNS(=O)(=O)c1ccc(Oc2ccccc2)cc1. The maximum Gasteiger partial charge on any atom is 0.240 e. The molecule has 1 N–H and O–H groups in total. The number of sulfonamides is 1. The quantitative estimate of drug-likeness (QED) is 0.631. The summed E-state index contributed by atoms with van der Waals surface area (Å²) >= 11 is 0. The highest BCUT2D eigenvalue weighted by Gasteiger charge is 2.20. The fourth-order valence-electron chi connectivity index (χ4n) is 3.70. The summed E-state index contributed by atoms with van der Waals surface area (Å²) < 4.78 is 33.4. The molecule has 1 heterocycles. The van der Waals surface area contributed by atoms with Crippen molar-refractivity contribution in [3.63, 3.8) is 0 Å². The number of benzene rings is 2. The highest BCUT2D eigenvalue weighted by molar-refractivity contribution is 7.89. The minimum Gasteiger partial charge on any atom is -0.457 e. The van der Waals surface area contributed by atoms with Gasteiger partial charge in [-0.2, -0.15) is 0 Å². The van der Waals surface area contributed by atoms with Crippen LogP contribution in [-0.4, -0.2) is 39.0 Å². The maximum atomic E-state index is 12.5. The molecule has 2 aromatic rings. The average molecular weight is 403 g/mol. The van der Waals surface area contributed by atoms with Gasteiger partial charge in [0.15, 0.2) is 0 Å². The van der Waals surface area contributed by atoms with E-state index in [1.165, 1.54) is 25.7 Å². The van der Waals surface area contributed by atoms with Crippen LogP contribution >= 0.6 is 0 Å². The summed E-state index contributed by atoms with van der Waals surface area (Å²) in [7, 11) is -3.50. The molecule has 0 aliphatic carbocycles. The van der Waals surface area contributed by atoms with E-state index >= 15 is 0 Å². The zero-order chi connectivity index (χ0) is 19.8. The number of nitrogens with zero attached hydrogens (tertiary/aromatic N) is 1. The Morgan fingerprint density at radius 2 is 1.75 bits per heavy atom. The topological polar surface area (TPSA) is 58.6 Å². The molecule has 0 amide bonds. The Labute approximate surface area is 168 Å². The predicted octanol–water partition coefficient (Wildman–Crippen LogP) is 4.41. The van der Waals surface area contributed by atoms with Crippen molar-refractivity contribution >= 4 is 10.0 Å². The molecule has 0 bridgehead atoms. The van der Waals surface area contributed by atoms with E-state index in [1.807, 2.05) is 30.3 Å². The van der Waals surface area contributed by atoms with Crippen molar-refractivity contribution in [1.29, 1.82) is 0 Å². The van der Waals surface area contributed by atoms with Gasteiger partial charge in [-0.3, -0.25) is 0 Å². The van der Waals surface area contributed by atoms with Crippen molar-refractivity contribution in [2.75, 3.05) is 19.6 Å². The summed E-state index contributed by atoms with van der Waals surface area (Å²) in [6.07, 6.45) is 5.82. The second kappa shape index (κ2) is 10.0. The molecule has 0 saturated carbocycles. The van der Waals surface area contributed by atoms with E-state index in [0.717, 1.165) is 25.3 Å². The molecule has 0 unspecified atom stereocenters. The van der Waals surface area contributed by atoms with Gasteiger partial charge in [-0.15, -0.1) is 0 Å². The van der Waals surface area contributed by atoms with Crippen LogP contribution in [-0.2, 0) is 10.0 Å². The van der Waals surface area contributed by atoms with E-state index in [2.05, 4.69) is 16.5 Å². The molecule has 1 atom stereocenters. The lowest BCUT2D eigenvalue weighted by atomic mass is 10.00. The van der Waals surface area contributed by atoms with Crippen LogP contribution in [0, 0.1) is 0 Å². The fourth-order valence-corrected chi connectivity index (χ4v) is 4.77. The Morgan fingerprint density at radius 3 is 2.46 bits per heavy atom. The molecule has 1 aliphatic heterocycles. The van der Waals surface area contributed by atoms with Crippen LogP contribution < -0.4 is 9.46 Å². The van der Waals surface area contributed by atoms with Gasteiger partial charge in [0, 0.05) is 12.6 Å². The number of hydrogen-bond acceptors (Lipinski definition) is 4. The summed E-state index contributed by atoms with van der Waals surface area (Å²) in [5, 5.41) is 0. The fraction of sp³-hybridized carbons (Fsp3) is 0.455. The van der Waals surface area contributed by atoms with E-state index < -0.39 is 10.0 Å². The number of ether oxygens (including phenoxy) is 1.